The van der Waals surface area contributed by atoms with Gasteiger partial charge < -0.3 is 15.8 Å². The summed E-state index contributed by atoms with van der Waals surface area (Å²) in [5.41, 5.74) is 6.24. The molecule has 0 atom stereocenters. The van der Waals surface area contributed by atoms with E-state index in [2.05, 4.69) is 10.3 Å². The number of nitrogens with one attached hydrogen (secondary N) is 1. The van der Waals surface area contributed by atoms with E-state index in [9.17, 15) is 0 Å². The number of rotatable bonds is 7. The molecular formula is C12H19N3O. The third-order valence-corrected chi connectivity index (χ3v) is 2.61. The van der Waals surface area contributed by atoms with Gasteiger partial charge in [0.25, 0.3) is 0 Å². The minimum atomic E-state index is 0.693. The highest BCUT2D eigenvalue weighted by Crippen LogP contribution is 2.28. The maximum absolute atomic E-state index is 5.54. The predicted octanol–water partition coefficient (Wildman–Crippen LogP) is 1.89. The summed E-state index contributed by atoms with van der Waals surface area (Å²) in [6, 6.07) is 3.74. The van der Waals surface area contributed by atoms with Crippen molar-refractivity contribution < 1.29 is 4.74 Å². The van der Waals surface area contributed by atoms with Crippen LogP contribution >= 0.6 is 0 Å². The van der Waals surface area contributed by atoms with Gasteiger partial charge in [-0.25, -0.2) is 4.98 Å². The van der Waals surface area contributed by atoms with Crippen molar-refractivity contribution in [3.63, 3.8) is 0 Å². The van der Waals surface area contributed by atoms with Gasteiger partial charge in [0.2, 0.25) is 0 Å². The van der Waals surface area contributed by atoms with Crippen LogP contribution in [0.3, 0.4) is 0 Å². The van der Waals surface area contributed by atoms with E-state index in [1.54, 1.807) is 6.20 Å². The number of ether oxygens (including phenoxy) is 1. The molecule has 0 amide bonds. The molecule has 0 spiro atoms. The fraction of sp³-hybridized carbons (Fsp3) is 0.583. The van der Waals surface area contributed by atoms with Gasteiger partial charge in [-0.05, 0) is 37.3 Å². The second-order valence-electron chi connectivity index (χ2n) is 4.28. The minimum absolute atomic E-state index is 0.693. The zero-order valence-corrected chi connectivity index (χ0v) is 9.48. The Hall–Kier alpha value is -1.29. The van der Waals surface area contributed by atoms with Gasteiger partial charge in [-0.3, -0.25) is 0 Å². The lowest BCUT2D eigenvalue weighted by molar-refractivity contribution is 0.124. The molecule has 1 aliphatic carbocycles. The predicted molar refractivity (Wildman–Crippen MR) is 65.3 cm³/mol. The molecule has 0 aromatic carbocycles. The van der Waals surface area contributed by atoms with E-state index < -0.39 is 0 Å². The average Bonchev–Trinajstić information content (AvgIpc) is 3.10. The Morgan fingerprint density at radius 1 is 1.44 bits per heavy atom. The highest BCUT2D eigenvalue weighted by molar-refractivity contribution is 5.43. The summed E-state index contributed by atoms with van der Waals surface area (Å²) < 4.78 is 5.53. The lowest BCUT2D eigenvalue weighted by Gasteiger charge is -2.06. The standard InChI is InChI=1S/C12H19N3O/c13-11-4-5-12(15-8-11)14-6-1-7-16-9-10-2-3-10/h4-5,8,10H,1-3,6-7,9,13H2,(H,14,15). The second-order valence-corrected chi connectivity index (χ2v) is 4.28. The molecule has 1 fully saturated rings. The first-order valence-electron chi connectivity index (χ1n) is 5.88. The van der Waals surface area contributed by atoms with Crippen molar-refractivity contribution in [2.45, 2.75) is 19.3 Å². The molecule has 0 aliphatic heterocycles. The zero-order valence-electron chi connectivity index (χ0n) is 9.48. The fourth-order valence-electron chi connectivity index (χ4n) is 1.44. The molecule has 4 nitrogen and oxygen atoms in total. The van der Waals surface area contributed by atoms with Crippen LogP contribution in [0.5, 0.6) is 0 Å². The van der Waals surface area contributed by atoms with Crippen LogP contribution in [0.15, 0.2) is 18.3 Å². The van der Waals surface area contributed by atoms with Gasteiger partial charge in [-0.1, -0.05) is 0 Å². The molecule has 16 heavy (non-hydrogen) atoms. The molecule has 88 valence electrons. The zero-order chi connectivity index (χ0) is 11.2. The van der Waals surface area contributed by atoms with E-state index in [0.717, 1.165) is 37.9 Å². The van der Waals surface area contributed by atoms with Crippen LogP contribution in [0.2, 0.25) is 0 Å². The maximum atomic E-state index is 5.54. The van der Waals surface area contributed by atoms with Crippen molar-refractivity contribution in [3.05, 3.63) is 18.3 Å². The molecule has 0 bridgehead atoms. The van der Waals surface area contributed by atoms with E-state index in [1.165, 1.54) is 12.8 Å². The van der Waals surface area contributed by atoms with Crippen LogP contribution in [-0.2, 0) is 4.74 Å². The van der Waals surface area contributed by atoms with Crippen LogP contribution in [-0.4, -0.2) is 24.7 Å². The molecule has 3 N–H and O–H groups in total. The number of hydrogen-bond donors (Lipinski definition) is 2. The topological polar surface area (TPSA) is 60.2 Å². The lowest BCUT2D eigenvalue weighted by Crippen LogP contribution is -2.07. The molecule has 0 unspecified atom stereocenters. The maximum Gasteiger partial charge on any atom is 0.126 e. The van der Waals surface area contributed by atoms with Crippen molar-refractivity contribution >= 4 is 11.5 Å². The second kappa shape index (κ2) is 5.70. The van der Waals surface area contributed by atoms with Crippen LogP contribution in [0.4, 0.5) is 11.5 Å². The number of aromatic nitrogens is 1. The molecule has 4 heteroatoms. The van der Waals surface area contributed by atoms with Crippen LogP contribution < -0.4 is 11.1 Å². The summed E-state index contributed by atoms with van der Waals surface area (Å²) in [5.74, 6) is 1.73. The first kappa shape index (κ1) is 11.2. The number of nitrogens with zero attached hydrogens (tertiary/aromatic N) is 1. The quantitative estimate of drug-likeness (QED) is 0.690. The Labute approximate surface area is 96.2 Å². The first-order valence-corrected chi connectivity index (χ1v) is 5.88. The first-order chi connectivity index (χ1) is 7.84. The number of nitrogen functional groups attached to an aromatic ring is 1. The largest absolute Gasteiger partial charge is 0.397 e. The molecule has 0 radical (unpaired) electrons. The third-order valence-electron chi connectivity index (χ3n) is 2.61. The van der Waals surface area contributed by atoms with Gasteiger partial charge in [0.15, 0.2) is 0 Å². The van der Waals surface area contributed by atoms with Gasteiger partial charge in [0, 0.05) is 19.8 Å². The summed E-state index contributed by atoms with van der Waals surface area (Å²) in [7, 11) is 0. The van der Waals surface area contributed by atoms with E-state index in [-0.39, 0.29) is 0 Å². The van der Waals surface area contributed by atoms with Gasteiger partial charge in [0.05, 0.1) is 11.9 Å². The van der Waals surface area contributed by atoms with E-state index in [0.29, 0.717) is 5.69 Å². The molecule has 1 heterocycles. The number of pyridine rings is 1. The number of anilines is 2. The van der Waals surface area contributed by atoms with Gasteiger partial charge in [-0.15, -0.1) is 0 Å². The van der Waals surface area contributed by atoms with Crippen molar-refractivity contribution in [3.8, 4) is 0 Å². The van der Waals surface area contributed by atoms with Crippen molar-refractivity contribution in [1.82, 2.24) is 4.98 Å². The Bertz CT molecular complexity index is 309. The Morgan fingerprint density at radius 2 is 2.31 bits per heavy atom. The van der Waals surface area contributed by atoms with Gasteiger partial charge in [-0.2, -0.15) is 0 Å². The number of hydrogen-bond acceptors (Lipinski definition) is 4. The lowest BCUT2D eigenvalue weighted by atomic mass is 10.4. The van der Waals surface area contributed by atoms with E-state index in [1.807, 2.05) is 12.1 Å². The third kappa shape index (κ3) is 4.06. The smallest absolute Gasteiger partial charge is 0.126 e. The van der Waals surface area contributed by atoms with Crippen molar-refractivity contribution in [2.75, 3.05) is 30.8 Å². The van der Waals surface area contributed by atoms with Crippen LogP contribution in [0.25, 0.3) is 0 Å². The highest BCUT2D eigenvalue weighted by Gasteiger charge is 2.20. The van der Waals surface area contributed by atoms with Gasteiger partial charge in [0.1, 0.15) is 5.82 Å². The van der Waals surface area contributed by atoms with Crippen molar-refractivity contribution in [2.24, 2.45) is 5.92 Å². The Kier molecular flexibility index (Phi) is 3.99. The molecule has 1 saturated carbocycles. The minimum Gasteiger partial charge on any atom is -0.397 e. The van der Waals surface area contributed by atoms with Gasteiger partial charge >= 0.3 is 0 Å². The van der Waals surface area contributed by atoms with Crippen LogP contribution in [0, 0.1) is 5.92 Å². The molecular weight excluding hydrogens is 202 g/mol. The van der Waals surface area contributed by atoms with Crippen LogP contribution in [0.1, 0.15) is 19.3 Å². The molecule has 2 rings (SSSR count). The summed E-state index contributed by atoms with van der Waals surface area (Å²) in [6.07, 6.45) is 5.38. The average molecular weight is 221 g/mol. The highest BCUT2D eigenvalue weighted by atomic mass is 16.5. The Balaban J connectivity index is 1.51. The number of nitrogens with two attached hydrogens (primary N) is 1. The molecule has 1 aromatic rings. The summed E-state index contributed by atoms with van der Waals surface area (Å²) in [5, 5.41) is 3.23. The normalized spacial score (nSPS) is 15.0. The SMILES string of the molecule is Nc1ccc(NCCCOCC2CC2)nc1. The van der Waals surface area contributed by atoms with Crippen molar-refractivity contribution in [1.29, 1.82) is 0 Å². The fourth-order valence-corrected chi connectivity index (χ4v) is 1.44. The Morgan fingerprint density at radius 3 is 3.00 bits per heavy atom. The molecule has 1 aromatic heterocycles. The van der Waals surface area contributed by atoms with E-state index in [4.69, 9.17) is 10.5 Å². The van der Waals surface area contributed by atoms with E-state index >= 15 is 0 Å². The monoisotopic (exact) mass is 221 g/mol. The molecule has 0 saturated heterocycles. The molecule has 1 aliphatic rings. The summed E-state index contributed by atoms with van der Waals surface area (Å²) >= 11 is 0. The summed E-state index contributed by atoms with van der Waals surface area (Å²) in [4.78, 5) is 4.16. The summed E-state index contributed by atoms with van der Waals surface area (Å²) in [6.45, 7) is 2.67.